The highest BCUT2D eigenvalue weighted by atomic mass is 19.1. The summed E-state index contributed by atoms with van der Waals surface area (Å²) in [6.45, 7) is 6.22. The number of hydrogen-bond donors (Lipinski definition) is 0. The second-order valence-electron chi connectivity index (χ2n) is 9.84. The molecule has 0 aliphatic heterocycles. The smallest absolute Gasteiger partial charge is 0.166 e. The molecule has 4 heterocycles. The van der Waals surface area contributed by atoms with Gasteiger partial charge in [0, 0.05) is 29.2 Å². The number of rotatable bonds is 4. The van der Waals surface area contributed by atoms with Crippen molar-refractivity contribution < 1.29 is 9.13 Å². The van der Waals surface area contributed by atoms with E-state index in [1.165, 1.54) is 11.6 Å². The molecule has 7 aromatic rings. The van der Waals surface area contributed by atoms with Crippen LogP contribution in [0.4, 0.5) is 4.39 Å². The first-order valence-corrected chi connectivity index (χ1v) is 12.6. The van der Waals surface area contributed by atoms with Gasteiger partial charge < -0.3 is 4.74 Å². The Hall–Kier alpha value is -4.78. The van der Waals surface area contributed by atoms with Gasteiger partial charge in [-0.2, -0.15) is 5.10 Å². The first-order chi connectivity index (χ1) is 18.5. The van der Waals surface area contributed by atoms with E-state index in [1.807, 2.05) is 43.5 Å². The molecule has 0 aliphatic carbocycles. The number of nitrogens with zero attached hydrogens (tertiary/aromatic N) is 5. The lowest BCUT2D eigenvalue weighted by molar-refractivity contribution is 0.440. The summed E-state index contributed by atoms with van der Waals surface area (Å²) in [5, 5.41) is 6.22. The average molecular weight is 502 g/mol. The molecule has 186 valence electrons. The molecule has 0 N–H and O–H groups in total. The molecule has 0 saturated carbocycles. The van der Waals surface area contributed by atoms with E-state index in [0.717, 1.165) is 49.7 Å². The molecule has 0 atom stereocenters. The molecule has 7 rings (SSSR count). The summed E-state index contributed by atoms with van der Waals surface area (Å²) in [6, 6.07) is 21.3. The van der Waals surface area contributed by atoms with Crippen LogP contribution in [0, 0.1) is 12.7 Å². The van der Waals surface area contributed by atoms with Gasteiger partial charge >= 0.3 is 0 Å². The number of benzene rings is 3. The average Bonchev–Trinajstić information content (AvgIpc) is 3.58. The molecule has 0 unspecified atom stereocenters. The van der Waals surface area contributed by atoms with E-state index >= 15 is 4.39 Å². The minimum Gasteiger partial charge on any atom is -0.453 e. The summed E-state index contributed by atoms with van der Waals surface area (Å²) in [5.41, 5.74) is 7.33. The van der Waals surface area contributed by atoms with Crippen LogP contribution >= 0.6 is 0 Å². The summed E-state index contributed by atoms with van der Waals surface area (Å²) in [4.78, 5) is 9.84. The van der Waals surface area contributed by atoms with Crippen LogP contribution in [-0.2, 0) is 0 Å². The van der Waals surface area contributed by atoms with Crippen LogP contribution in [-0.4, -0.2) is 24.1 Å². The number of hydrogen-bond acceptors (Lipinski definition) is 4. The third-order valence-corrected chi connectivity index (χ3v) is 7.07. The minimum absolute atomic E-state index is 0.107. The minimum atomic E-state index is -0.448. The Kier molecular flexibility index (Phi) is 4.94. The molecule has 4 aromatic heterocycles. The van der Waals surface area contributed by atoms with Gasteiger partial charge in [-0.25, -0.2) is 14.1 Å². The third kappa shape index (κ3) is 3.35. The Morgan fingerprint density at radius 2 is 1.79 bits per heavy atom. The van der Waals surface area contributed by atoms with Crippen LogP contribution in [0.2, 0.25) is 0 Å². The topological polar surface area (TPSA) is 57.2 Å². The maximum atomic E-state index is 15.0. The number of para-hydroxylation sites is 2. The van der Waals surface area contributed by atoms with E-state index in [1.54, 1.807) is 23.1 Å². The molecule has 3 aromatic carbocycles. The van der Waals surface area contributed by atoms with Gasteiger partial charge in [-0.05, 0) is 60.4 Å². The molecule has 6 nitrogen and oxygen atoms in total. The van der Waals surface area contributed by atoms with E-state index in [4.69, 9.17) is 14.7 Å². The summed E-state index contributed by atoms with van der Waals surface area (Å²) in [5.74, 6) is 0.391. The number of fused-ring (bicyclic) bond motifs is 8. The summed E-state index contributed by atoms with van der Waals surface area (Å²) < 4.78 is 25.0. The monoisotopic (exact) mass is 501 g/mol. The molecular weight excluding hydrogens is 477 g/mol. The molecule has 7 heteroatoms. The van der Waals surface area contributed by atoms with Gasteiger partial charge in [0.1, 0.15) is 11.4 Å². The number of pyridine rings is 2. The van der Waals surface area contributed by atoms with Crippen LogP contribution in [0.1, 0.15) is 30.9 Å². The van der Waals surface area contributed by atoms with E-state index in [2.05, 4.69) is 47.6 Å². The molecule has 0 fully saturated rings. The second-order valence-corrected chi connectivity index (χ2v) is 9.84. The zero-order valence-electron chi connectivity index (χ0n) is 21.2. The number of halogens is 1. The van der Waals surface area contributed by atoms with Gasteiger partial charge in [0.15, 0.2) is 11.6 Å². The van der Waals surface area contributed by atoms with Crippen LogP contribution in [0.15, 0.2) is 85.3 Å². The van der Waals surface area contributed by atoms with Gasteiger partial charge in [-0.3, -0.25) is 9.38 Å². The lowest BCUT2D eigenvalue weighted by atomic mass is 9.96. The van der Waals surface area contributed by atoms with E-state index < -0.39 is 5.82 Å². The van der Waals surface area contributed by atoms with E-state index in [-0.39, 0.29) is 5.75 Å². The normalized spacial score (nSPS) is 11.9. The fourth-order valence-corrected chi connectivity index (χ4v) is 5.31. The molecule has 0 amide bonds. The summed E-state index contributed by atoms with van der Waals surface area (Å²) in [6.07, 6.45) is 5.16. The van der Waals surface area contributed by atoms with Gasteiger partial charge in [-0.15, -0.1) is 0 Å². The van der Waals surface area contributed by atoms with Gasteiger partial charge in [0.05, 0.1) is 34.0 Å². The van der Waals surface area contributed by atoms with Crippen molar-refractivity contribution in [1.82, 2.24) is 24.1 Å². The van der Waals surface area contributed by atoms with Crippen molar-refractivity contribution in [3.63, 3.8) is 0 Å². The first-order valence-electron chi connectivity index (χ1n) is 12.6. The number of aromatic nitrogens is 5. The maximum Gasteiger partial charge on any atom is 0.166 e. The zero-order valence-corrected chi connectivity index (χ0v) is 21.2. The molecular formula is C31H24FN5O. The predicted molar refractivity (Wildman–Crippen MR) is 148 cm³/mol. The quantitative estimate of drug-likeness (QED) is 0.232. The Bertz CT molecular complexity index is 2010. The largest absolute Gasteiger partial charge is 0.453 e. The summed E-state index contributed by atoms with van der Waals surface area (Å²) >= 11 is 0. The molecule has 0 saturated heterocycles. The summed E-state index contributed by atoms with van der Waals surface area (Å²) in [7, 11) is 0. The van der Waals surface area contributed by atoms with Crippen molar-refractivity contribution in [2.75, 3.05) is 0 Å². The Morgan fingerprint density at radius 3 is 2.61 bits per heavy atom. The molecule has 38 heavy (non-hydrogen) atoms. The molecule has 0 radical (unpaired) electrons. The first kappa shape index (κ1) is 22.4. The molecule has 0 aliphatic rings. The van der Waals surface area contributed by atoms with Crippen LogP contribution in [0.3, 0.4) is 0 Å². The van der Waals surface area contributed by atoms with Gasteiger partial charge in [0.2, 0.25) is 0 Å². The fraction of sp³-hybridized carbons (Fsp3) is 0.129. The number of imidazole rings is 1. The number of ether oxygens (including phenoxy) is 1. The fourth-order valence-electron chi connectivity index (χ4n) is 5.31. The maximum absolute atomic E-state index is 15.0. The van der Waals surface area contributed by atoms with Crippen molar-refractivity contribution in [3.8, 4) is 17.2 Å². The highest BCUT2D eigenvalue weighted by Gasteiger charge is 2.19. The predicted octanol–water partition coefficient (Wildman–Crippen LogP) is 7.74. The highest BCUT2D eigenvalue weighted by molar-refractivity contribution is 6.13. The van der Waals surface area contributed by atoms with Crippen LogP contribution in [0.25, 0.3) is 44.2 Å². The van der Waals surface area contributed by atoms with E-state index in [9.17, 15) is 0 Å². The van der Waals surface area contributed by atoms with Gasteiger partial charge in [-0.1, -0.05) is 38.1 Å². The SMILES string of the molecule is Cc1cc(F)c(Oc2cnc3c(c2)c2nc4ccccc4n2c2cccc(C(C)C)c32)cc1-n1cccn1. The van der Waals surface area contributed by atoms with Crippen LogP contribution in [0.5, 0.6) is 11.5 Å². The highest BCUT2D eigenvalue weighted by Crippen LogP contribution is 2.38. The lowest BCUT2D eigenvalue weighted by Crippen LogP contribution is -2.01. The molecule has 0 spiro atoms. The number of aryl methyl sites for hydroxylation is 1. The van der Waals surface area contributed by atoms with Crippen molar-refractivity contribution in [1.29, 1.82) is 0 Å². The van der Waals surface area contributed by atoms with Crippen LogP contribution < -0.4 is 4.74 Å². The molecule has 0 bridgehead atoms. The Morgan fingerprint density at radius 1 is 0.947 bits per heavy atom. The Labute approximate surface area is 217 Å². The third-order valence-electron chi connectivity index (χ3n) is 7.07. The standard InChI is InChI=1S/C31H24FN5O/c1-18(2)21-8-6-11-26-29(21)30-22(31-35-24-9-4-5-10-25(24)37(26)31)15-20(17-33-30)38-28-16-27(19(3)14-23(28)32)36-13-7-12-34-36/h4-18H,1-3H3. The zero-order chi connectivity index (χ0) is 26.0. The lowest BCUT2D eigenvalue weighted by Gasteiger charge is -2.16. The van der Waals surface area contributed by atoms with Crippen molar-refractivity contribution in [2.24, 2.45) is 0 Å². The second kappa shape index (κ2) is 8.38. The van der Waals surface area contributed by atoms with E-state index in [0.29, 0.717) is 11.7 Å². The van der Waals surface area contributed by atoms with Crippen molar-refractivity contribution in [3.05, 3.63) is 102 Å². The van der Waals surface area contributed by atoms with Crippen molar-refractivity contribution in [2.45, 2.75) is 26.7 Å². The van der Waals surface area contributed by atoms with Crippen molar-refractivity contribution >= 4 is 38.5 Å². The van der Waals surface area contributed by atoms with Gasteiger partial charge in [0.25, 0.3) is 0 Å². The Balaban J connectivity index is 1.49.